The van der Waals surface area contributed by atoms with Crippen LogP contribution < -0.4 is 10.9 Å². The summed E-state index contributed by atoms with van der Waals surface area (Å²) in [6, 6.07) is 8.38. The van der Waals surface area contributed by atoms with Gasteiger partial charge in [-0.2, -0.15) is 0 Å². The summed E-state index contributed by atoms with van der Waals surface area (Å²) in [5.74, 6) is -0.211. The van der Waals surface area contributed by atoms with Gasteiger partial charge in [-0.3, -0.25) is 4.79 Å². The van der Waals surface area contributed by atoms with Gasteiger partial charge >= 0.3 is 12.0 Å². The number of esters is 1. The Labute approximate surface area is 166 Å². The molecule has 1 N–H and O–H groups in total. The van der Waals surface area contributed by atoms with Crippen LogP contribution in [0, 0.1) is 0 Å². The van der Waals surface area contributed by atoms with E-state index in [1.165, 1.54) is 24.7 Å². The van der Waals surface area contributed by atoms with Crippen molar-refractivity contribution in [3.8, 4) is 11.6 Å². The van der Waals surface area contributed by atoms with Gasteiger partial charge in [0.1, 0.15) is 0 Å². The van der Waals surface area contributed by atoms with Gasteiger partial charge < -0.3 is 10.1 Å². The van der Waals surface area contributed by atoms with Crippen LogP contribution in [0.25, 0.3) is 11.6 Å². The average Bonchev–Trinajstić information content (AvgIpc) is 2.74. The number of nitrogens with one attached hydrogen (secondary N) is 1. The number of carbonyl (C=O) groups is 2. The van der Waals surface area contributed by atoms with E-state index in [0.29, 0.717) is 12.2 Å². The molecule has 3 rings (SSSR count). The second-order valence-corrected chi connectivity index (χ2v) is 6.03. The highest BCUT2D eigenvalue weighted by Crippen LogP contribution is 2.15. The molecule has 0 radical (unpaired) electrons. The maximum Gasteiger partial charge on any atom is 0.338 e. The number of hydrogen-bond donors (Lipinski definition) is 1. The number of benzene rings is 1. The van der Waals surface area contributed by atoms with Crippen molar-refractivity contribution in [2.24, 2.45) is 0 Å². The first-order valence-electron chi connectivity index (χ1n) is 8.94. The van der Waals surface area contributed by atoms with E-state index >= 15 is 0 Å². The van der Waals surface area contributed by atoms with Crippen molar-refractivity contribution >= 4 is 12.0 Å². The largest absolute Gasteiger partial charge is 0.462 e. The molecule has 29 heavy (non-hydrogen) atoms. The Kier molecular flexibility index (Phi) is 6.08. The molecule has 2 heterocycles. The predicted octanol–water partition coefficient (Wildman–Crippen LogP) is 2.20. The van der Waals surface area contributed by atoms with Crippen LogP contribution in [-0.4, -0.2) is 38.1 Å². The smallest absolute Gasteiger partial charge is 0.338 e. The first-order valence-corrected chi connectivity index (χ1v) is 8.94. The zero-order chi connectivity index (χ0) is 20.8. The van der Waals surface area contributed by atoms with Crippen molar-refractivity contribution in [2.75, 3.05) is 6.61 Å². The summed E-state index contributed by atoms with van der Waals surface area (Å²) in [4.78, 5) is 49.0. The predicted molar refractivity (Wildman–Crippen MR) is 104 cm³/mol. The van der Waals surface area contributed by atoms with Gasteiger partial charge in [0, 0.05) is 24.7 Å². The average molecular weight is 393 g/mol. The number of amides is 1. The zero-order valence-corrected chi connectivity index (χ0v) is 15.9. The summed E-state index contributed by atoms with van der Waals surface area (Å²) in [6.45, 7) is 3.79. The molecular weight excluding hydrogens is 374 g/mol. The van der Waals surface area contributed by atoms with Gasteiger partial charge in [0.05, 0.1) is 18.2 Å². The highest BCUT2D eigenvalue weighted by atomic mass is 16.5. The molecule has 2 aromatic heterocycles. The second kappa shape index (κ2) is 8.87. The molecule has 0 aliphatic rings. The lowest BCUT2D eigenvalue weighted by molar-refractivity contribution is 0.0526. The number of nitrogens with zero attached hydrogens (tertiary/aromatic N) is 4. The Morgan fingerprint density at radius 3 is 2.41 bits per heavy atom. The monoisotopic (exact) mass is 393 g/mol. The van der Waals surface area contributed by atoms with Crippen molar-refractivity contribution in [2.45, 2.75) is 19.9 Å². The van der Waals surface area contributed by atoms with E-state index in [-0.39, 0.29) is 11.6 Å². The molecule has 9 heteroatoms. The van der Waals surface area contributed by atoms with Crippen LogP contribution in [-0.2, 0) is 4.74 Å². The molecular formula is C20H19N5O4. The fourth-order valence-corrected chi connectivity index (χ4v) is 2.63. The van der Waals surface area contributed by atoms with Crippen LogP contribution in [0.5, 0.6) is 0 Å². The van der Waals surface area contributed by atoms with E-state index in [2.05, 4.69) is 20.3 Å². The SMILES string of the molecule is CCOC(=O)c1ccc([C@@H](C)NC(=O)n2c(-c3ncccn3)nccc2=O)cc1. The van der Waals surface area contributed by atoms with Gasteiger partial charge in [0.25, 0.3) is 5.56 Å². The summed E-state index contributed by atoms with van der Waals surface area (Å²) in [7, 11) is 0. The lowest BCUT2D eigenvalue weighted by Crippen LogP contribution is -2.38. The lowest BCUT2D eigenvalue weighted by atomic mass is 10.1. The van der Waals surface area contributed by atoms with Crippen LogP contribution in [0.4, 0.5) is 4.79 Å². The van der Waals surface area contributed by atoms with Gasteiger partial charge in [-0.05, 0) is 37.6 Å². The standard InChI is InChI=1S/C20H19N5O4/c1-3-29-19(27)15-7-5-14(6-8-15)13(2)24-20(28)25-16(26)9-12-23-18(25)17-21-10-4-11-22-17/h4-13H,3H2,1-2H3,(H,24,28)/t13-/m1/s1. The van der Waals surface area contributed by atoms with Crippen molar-refractivity contribution < 1.29 is 14.3 Å². The number of carbonyl (C=O) groups excluding carboxylic acids is 2. The van der Waals surface area contributed by atoms with Gasteiger partial charge in [-0.15, -0.1) is 0 Å². The quantitative estimate of drug-likeness (QED) is 0.661. The Morgan fingerprint density at radius 1 is 1.07 bits per heavy atom. The van der Waals surface area contributed by atoms with Gasteiger partial charge in [-0.1, -0.05) is 12.1 Å². The van der Waals surface area contributed by atoms with Gasteiger partial charge in [0.2, 0.25) is 0 Å². The molecule has 0 aliphatic heterocycles. The fraction of sp³-hybridized carbons (Fsp3) is 0.200. The summed E-state index contributed by atoms with van der Waals surface area (Å²) < 4.78 is 5.84. The highest BCUT2D eigenvalue weighted by Gasteiger charge is 2.19. The Hall–Kier alpha value is -3.88. The molecule has 9 nitrogen and oxygen atoms in total. The van der Waals surface area contributed by atoms with Crippen molar-refractivity contribution in [3.63, 3.8) is 0 Å². The van der Waals surface area contributed by atoms with Crippen LogP contribution in [0.2, 0.25) is 0 Å². The number of aromatic nitrogens is 4. The van der Waals surface area contributed by atoms with Crippen molar-refractivity contribution in [3.05, 3.63) is 76.5 Å². The Bertz CT molecular complexity index is 1060. The van der Waals surface area contributed by atoms with Crippen LogP contribution in [0.1, 0.15) is 35.8 Å². The van der Waals surface area contributed by atoms with Crippen LogP contribution in [0.15, 0.2) is 59.8 Å². The minimum Gasteiger partial charge on any atom is -0.462 e. The topological polar surface area (TPSA) is 116 Å². The summed E-state index contributed by atoms with van der Waals surface area (Å²) in [5, 5.41) is 2.75. The molecule has 0 spiro atoms. The first-order chi connectivity index (χ1) is 14.0. The normalized spacial score (nSPS) is 11.5. The first kappa shape index (κ1) is 19.9. The Morgan fingerprint density at radius 2 is 1.76 bits per heavy atom. The molecule has 1 atom stereocenters. The molecule has 0 fully saturated rings. The minimum absolute atomic E-state index is 0.0421. The van der Waals surface area contributed by atoms with Crippen LogP contribution >= 0.6 is 0 Å². The minimum atomic E-state index is -0.660. The Balaban J connectivity index is 1.82. The molecule has 0 saturated heterocycles. The third-order valence-electron chi connectivity index (χ3n) is 4.08. The molecule has 1 aromatic carbocycles. The molecule has 0 aliphatic carbocycles. The summed E-state index contributed by atoms with van der Waals surface area (Å²) >= 11 is 0. The molecule has 1 amide bonds. The van der Waals surface area contributed by atoms with Crippen molar-refractivity contribution in [1.29, 1.82) is 0 Å². The molecule has 0 saturated carbocycles. The molecule has 148 valence electrons. The van der Waals surface area contributed by atoms with Gasteiger partial charge in [0.15, 0.2) is 11.6 Å². The fourth-order valence-electron chi connectivity index (χ4n) is 2.63. The van der Waals surface area contributed by atoms with E-state index in [0.717, 1.165) is 10.1 Å². The van der Waals surface area contributed by atoms with Crippen molar-refractivity contribution in [1.82, 2.24) is 24.8 Å². The van der Waals surface area contributed by atoms with E-state index in [1.54, 1.807) is 44.2 Å². The third-order valence-corrected chi connectivity index (χ3v) is 4.08. The van der Waals surface area contributed by atoms with E-state index in [9.17, 15) is 14.4 Å². The number of ether oxygens (including phenoxy) is 1. The maximum absolute atomic E-state index is 12.8. The third kappa shape index (κ3) is 4.52. The lowest BCUT2D eigenvalue weighted by Gasteiger charge is -2.16. The second-order valence-electron chi connectivity index (χ2n) is 6.03. The van der Waals surface area contributed by atoms with Gasteiger partial charge in [-0.25, -0.2) is 29.1 Å². The zero-order valence-electron chi connectivity index (χ0n) is 15.9. The molecule has 0 bridgehead atoms. The summed E-state index contributed by atoms with van der Waals surface area (Å²) in [5.41, 5.74) is 0.617. The van der Waals surface area contributed by atoms with E-state index < -0.39 is 23.6 Å². The number of rotatable bonds is 5. The maximum atomic E-state index is 12.8. The highest BCUT2D eigenvalue weighted by molar-refractivity contribution is 5.89. The van der Waals surface area contributed by atoms with E-state index in [4.69, 9.17) is 4.74 Å². The number of hydrogen-bond acceptors (Lipinski definition) is 7. The summed E-state index contributed by atoms with van der Waals surface area (Å²) in [6.07, 6.45) is 4.30. The van der Waals surface area contributed by atoms with E-state index in [1.807, 2.05) is 0 Å². The molecule has 0 unspecified atom stereocenters. The van der Waals surface area contributed by atoms with Crippen LogP contribution in [0.3, 0.4) is 0 Å². The molecule has 3 aromatic rings.